The molecule has 0 aliphatic carbocycles. The molecule has 0 aromatic carbocycles. The topological polar surface area (TPSA) is 50.1 Å². The van der Waals surface area contributed by atoms with Crippen molar-refractivity contribution in [2.75, 3.05) is 6.54 Å². The van der Waals surface area contributed by atoms with Gasteiger partial charge < -0.3 is 10.4 Å². The minimum atomic E-state index is -0.435. The lowest BCUT2D eigenvalue weighted by atomic mass is 10.2. The van der Waals surface area contributed by atoms with Gasteiger partial charge in [0.1, 0.15) is 0 Å². The van der Waals surface area contributed by atoms with Gasteiger partial charge >= 0.3 is 0 Å². The summed E-state index contributed by atoms with van der Waals surface area (Å²) in [6, 6.07) is 0.374. The van der Waals surface area contributed by atoms with Crippen LogP contribution in [0.15, 0.2) is 0 Å². The van der Waals surface area contributed by atoms with Crippen LogP contribution in [0.2, 0.25) is 5.02 Å². The highest BCUT2D eigenvalue weighted by molar-refractivity contribution is 6.31. The predicted octanol–water partition coefficient (Wildman–Crippen LogP) is 1.28. The van der Waals surface area contributed by atoms with Crippen LogP contribution in [0.1, 0.15) is 25.2 Å². The standard InChI is InChI=1S/C11H20ClN3O/c1-7(2)13-6-9(16)5-10-11(12)8(3)14-15(10)4/h7,9,13,16H,5-6H2,1-4H3. The molecule has 92 valence electrons. The summed E-state index contributed by atoms with van der Waals surface area (Å²) in [4.78, 5) is 0. The summed E-state index contributed by atoms with van der Waals surface area (Å²) in [6.07, 6.45) is 0.0882. The fraction of sp³-hybridized carbons (Fsp3) is 0.727. The van der Waals surface area contributed by atoms with Gasteiger partial charge in [0.25, 0.3) is 0 Å². The summed E-state index contributed by atoms with van der Waals surface area (Å²) in [6.45, 7) is 6.53. The summed E-state index contributed by atoms with van der Waals surface area (Å²) < 4.78 is 1.73. The van der Waals surface area contributed by atoms with Crippen molar-refractivity contribution < 1.29 is 5.11 Å². The van der Waals surface area contributed by atoms with Gasteiger partial charge in [-0.25, -0.2) is 0 Å². The zero-order chi connectivity index (χ0) is 12.3. The van der Waals surface area contributed by atoms with Crippen molar-refractivity contribution >= 4 is 11.6 Å². The van der Waals surface area contributed by atoms with E-state index in [2.05, 4.69) is 10.4 Å². The molecular formula is C11H20ClN3O. The van der Waals surface area contributed by atoms with E-state index >= 15 is 0 Å². The number of aromatic nitrogens is 2. The highest BCUT2D eigenvalue weighted by Crippen LogP contribution is 2.20. The van der Waals surface area contributed by atoms with Crippen LogP contribution in [0.4, 0.5) is 0 Å². The van der Waals surface area contributed by atoms with Crippen molar-refractivity contribution in [1.82, 2.24) is 15.1 Å². The number of nitrogens with zero attached hydrogens (tertiary/aromatic N) is 2. The van der Waals surface area contributed by atoms with E-state index in [0.29, 0.717) is 24.0 Å². The first kappa shape index (κ1) is 13.5. The van der Waals surface area contributed by atoms with E-state index in [0.717, 1.165) is 11.4 Å². The molecule has 0 amide bonds. The molecule has 1 aromatic rings. The molecule has 1 heterocycles. The second-order valence-corrected chi connectivity index (χ2v) is 4.77. The molecule has 1 rings (SSSR count). The van der Waals surface area contributed by atoms with Crippen molar-refractivity contribution in [3.8, 4) is 0 Å². The van der Waals surface area contributed by atoms with Gasteiger partial charge in [-0.1, -0.05) is 25.4 Å². The molecule has 4 nitrogen and oxygen atoms in total. The smallest absolute Gasteiger partial charge is 0.0847 e. The first-order valence-corrected chi connectivity index (χ1v) is 5.89. The molecule has 1 aromatic heterocycles. The van der Waals surface area contributed by atoms with Crippen molar-refractivity contribution in [2.24, 2.45) is 7.05 Å². The number of aliphatic hydroxyl groups excluding tert-OH is 1. The van der Waals surface area contributed by atoms with Gasteiger partial charge in [-0.15, -0.1) is 0 Å². The van der Waals surface area contributed by atoms with Crippen LogP contribution < -0.4 is 5.32 Å². The number of hydrogen-bond acceptors (Lipinski definition) is 3. The van der Waals surface area contributed by atoms with Gasteiger partial charge in [0.15, 0.2) is 0 Å². The Balaban J connectivity index is 2.59. The van der Waals surface area contributed by atoms with E-state index in [1.807, 2.05) is 27.8 Å². The lowest BCUT2D eigenvalue weighted by molar-refractivity contribution is 0.166. The molecule has 0 bridgehead atoms. The van der Waals surface area contributed by atoms with Gasteiger partial charge in [0.2, 0.25) is 0 Å². The number of nitrogens with one attached hydrogen (secondary N) is 1. The Morgan fingerprint density at radius 1 is 1.50 bits per heavy atom. The molecule has 0 saturated carbocycles. The monoisotopic (exact) mass is 245 g/mol. The van der Waals surface area contributed by atoms with E-state index in [4.69, 9.17) is 11.6 Å². The van der Waals surface area contributed by atoms with Crippen LogP contribution in [0.3, 0.4) is 0 Å². The largest absolute Gasteiger partial charge is 0.391 e. The lowest BCUT2D eigenvalue weighted by Crippen LogP contribution is -2.33. The fourth-order valence-electron chi connectivity index (χ4n) is 1.57. The molecule has 5 heteroatoms. The quantitative estimate of drug-likeness (QED) is 0.822. The number of aliphatic hydroxyl groups is 1. The molecule has 1 atom stereocenters. The highest BCUT2D eigenvalue weighted by Gasteiger charge is 2.15. The van der Waals surface area contributed by atoms with E-state index in [1.165, 1.54) is 0 Å². The molecule has 0 radical (unpaired) electrons. The van der Waals surface area contributed by atoms with E-state index < -0.39 is 6.10 Å². The second kappa shape index (κ2) is 5.66. The van der Waals surface area contributed by atoms with Gasteiger partial charge in [0.05, 0.1) is 22.5 Å². The molecule has 1 unspecified atom stereocenters. The first-order chi connectivity index (χ1) is 7.41. The molecule has 0 fully saturated rings. The van der Waals surface area contributed by atoms with E-state index in [-0.39, 0.29) is 0 Å². The van der Waals surface area contributed by atoms with Crippen LogP contribution in [0.25, 0.3) is 0 Å². The number of aryl methyl sites for hydroxylation is 2. The Bertz CT molecular complexity index is 349. The second-order valence-electron chi connectivity index (χ2n) is 4.39. The summed E-state index contributed by atoms with van der Waals surface area (Å²) in [5.41, 5.74) is 1.69. The maximum absolute atomic E-state index is 9.85. The van der Waals surface area contributed by atoms with Crippen LogP contribution in [0, 0.1) is 6.92 Å². The third-order valence-corrected chi connectivity index (χ3v) is 2.94. The summed E-state index contributed by atoms with van der Waals surface area (Å²) in [5.74, 6) is 0. The van der Waals surface area contributed by atoms with Gasteiger partial charge in [0, 0.05) is 26.1 Å². The number of rotatable bonds is 5. The highest BCUT2D eigenvalue weighted by atomic mass is 35.5. The van der Waals surface area contributed by atoms with Gasteiger partial charge in [-0.2, -0.15) is 5.10 Å². The van der Waals surface area contributed by atoms with Crippen molar-refractivity contribution in [3.05, 3.63) is 16.4 Å². The van der Waals surface area contributed by atoms with Crippen LogP contribution in [-0.4, -0.2) is 33.6 Å². The van der Waals surface area contributed by atoms with Crippen molar-refractivity contribution in [2.45, 2.75) is 39.3 Å². The Labute approximate surface area is 102 Å². The SMILES string of the molecule is Cc1nn(C)c(CC(O)CNC(C)C)c1Cl. The average molecular weight is 246 g/mol. The number of hydrogen-bond donors (Lipinski definition) is 2. The molecule has 0 spiro atoms. The van der Waals surface area contributed by atoms with Gasteiger partial charge in [-0.3, -0.25) is 4.68 Å². The molecule has 2 N–H and O–H groups in total. The first-order valence-electron chi connectivity index (χ1n) is 5.51. The lowest BCUT2D eigenvalue weighted by Gasteiger charge is -2.14. The average Bonchev–Trinajstić information content (AvgIpc) is 2.42. The summed E-state index contributed by atoms with van der Waals surface area (Å²) in [5, 5.41) is 17.9. The van der Waals surface area contributed by atoms with Crippen LogP contribution in [-0.2, 0) is 13.5 Å². The Kier molecular flexibility index (Phi) is 4.77. The molecular weight excluding hydrogens is 226 g/mol. The normalized spacial score (nSPS) is 13.4. The summed E-state index contributed by atoms with van der Waals surface area (Å²) in [7, 11) is 1.84. The third kappa shape index (κ3) is 3.47. The predicted molar refractivity (Wildman–Crippen MR) is 65.8 cm³/mol. The van der Waals surface area contributed by atoms with E-state index in [9.17, 15) is 5.11 Å². The van der Waals surface area contributed by atoms with E-state index in [1.54, 1.807) is 4.68 Å². The third-order valence-electron chi connectivity index (χ3n) is 2.45. The van der Waals surface area contributed by atoms with Crippen LogP contribution >= 0.6 is 11.6 Å². The molecule has 0 saturated heterocycles. The molecule has 16 heavy (non-hydrogen) atoms. The molecule has 0 aliphatic rings. The zero-order valence-electron chi connectivity index (χ0n) is 10.3. The minimum Gasteiger partial charge on any atom is -0.391 e. The number of halogens is 1. The zero-order valence-corrected chi connectivity index (χ0v) is 11.0. The van der Waals surface area contributed by atoms with Gasteiger partial charge in [-0.05, 0) is 6.92 Å². The van der Waals surface area contributed by atoms with Crippen molar-refractivity contribution in [1.29, 1.82) is 0 Å². The maximum atomic E-state index is 9.85. The Morgan fingerprint density at radius 2 is 2.12 bits per heavy atom. The Morgan fingerprint density at radius 3 is 2.56 bits per heavy atom. The van der Waals surface area contributed by atoms with Crippen molar-refractivity contribution in [3.63, 3.8) is 0 Å². The van der Waals surface area contributed by atoms with Crippen LogP contribution in [0.5, 0.6) is 0 Å². The fourth-order valence-corrected chi connectivity index (χ4v) is 1.81. The minimum absolute atomic E-state index is 0.374. The molecule has 0 aliphatic heterocycles. The Hall–Kier alpha value is -0.580. The summed E-state index contributed by atoms with van der Waals surface area (Å²) >= 11 is 6.11. The maximum Gasteiger partial charge on any atom is 0.0847 e.